The fourth-order valence-corrected chi connectivity index (χ4v) is 3.14. The summed E-state index contributed by atoms with van der Waals surface area (Å²) in [5.41, 5.74) is 0. The summed E-state index contributed by atoms with van der Waals surface area (Å²) in [6.07, 6.45) is 7.58. The number of esters is 1. The number of carbonyl (C=O) groups excluding carboxylic acids is 1. The van der Waals surface area contributed by atoms with Gasteiger partial charge in [0.05, 0.1) is 18.6 Å². The second kappa shape index (κ2) is 6.53. The van der Waals surface area contributed by atoms with Gasteiger partial charge < -0.3 is 14.9 Å². The first kappa shape index (κ1) is 14.5. The van der Waals surface area contributed by atoms with Gasteiger partial charge in [-0.25, -0.2) is 0 Å². The Kier molecular flexibility index (Phi) is 4.99. The van der Waals surface area contributed by atoms with Crippen LogP contribution in [0, 0.1) is 11.8 Å². The van der Waals surface area contributed by atoms with Crippen LogP contribution < -0.4 is 0 Å². The summed E-state index contributed by atoms with van der Waals surface area (Å²) in [7, 11) is 0. The molecule has 1 aliphatic carbocycles. The van der Waals surface area contributed by atoms with Gasteiger partial charge in [0.15, 0.2) is 0 Å². The van der Waals surface area contributed by atoms with Crippen molar-refractivity contribution in [3.63, 3.8) is 0 Å². The van der Waals surface area contributed by atoms with Crippen molar-refractivity contribution in [1.82, 2.24) is 0 Å². The molecule has 0 amide bonds. The Morgan fingerprint density at radius 2 is 2.26 bits per heavy atom. The maximum Gasteiger partial charge on any atom is 0.306 e. The predicted molar refractivity (Wildman–Crippen MR) is 71.4 cm³/mol. The van der Waals surface area contributed by atoms with Gasteiger partial charge in [0, 0.05) is 18.3 Å². The zero-order chi connectivity index (χ0) is 13.8. The molecule has 1 saturated carbocycles. The monoisotopic (exact) mass is 268 g/mol. The van der Waals surface area contributed by atoms with Crippen LogP contribution in [0.5, 0.6) is 0 Å². The number of carbonyl (C=O) groups is 1. The Bertz CT molecular complexity index is 339. The molecule has 0 radical (unpaired) electrons. The maximum absolute atomic E-state index is 11.2. The average molecular weight is 268 g/mol. The Morgan fingerprint density at radius 3 is 3.00 bits per heavy atom. The first-order chi connectivity index (χ1) is 9.11. The van der Waals surface area contributed by atoms with Crippen molar-refractivity contribution in [2.24, 2.45) is 11.8 Å². The van der Waals surface area contributed by atoms with Gasteiger partial charge in [-0.15, -0.1) is 0 Å². The molecule has 2 N–H and O–H groups in total. The van der Waals surface area contributed by atoms with Crippen molar-refractivity contribution in [1.29, 1.82) is 0 Å². The molecule has 4 heteroatoms. The van der Waals surface area contributed by atoms with E-state index in [-0.39, 0.29) is 23.9 Å². The molecule has 0 aromatic carbocycles. The normalized spacial score (nSPS) is 35.6. The predicted octanol–water partition coefficient (Wildman–Crippen LogP) is 1.80. The quantitative estimate of drug-likeness (QED) is 0.438. The van der Waals surface area contributed by atoms with Crippen LogP contribution >= 0.6 is 0 Å². The van der Waals surface area contributed by atoms with Gasteiger partial charge in [0.2, 0.25) is 0 Å². The lowest BCUT2D eigenvalue weighted by atomic mass is 9.91. The van der Waals surface area contributed by atoms with Crippen LogP contribution in [0.25, 0.3) is 0 Å². The molecule has 0 spiro atoms. The molecule has 2 fully saturated rings. The van der Waals surface area contributed by atoms with Crippen molar-refractivity contribution in [3.8, 4) is 0 Å². The molecule has 19 heavy (non-hydrogen) atoms. The fraction of sp³-hybridized carbons (Fsp3) is 0.800. The van der Waals surface area contributed by atoms with Gasteiger partial charge in [-0.1, -0.05) is 38.3 Å². The molecular weight excluding hydrogens is 244 g/mol. The van der Waals surface area contributed by atoms with Gasteiger partial charge in [-0.2, -0.15) is 0 Å². The first-order valence-electron chi connectivity index (χ1n) is 7.35. The summed E-state index contributed by atoms with van der Waals surface area (Å²) in [5.74, 6) is -0.136. The number of aliphatic hydroxyl groups excluding tert-OH is 2. The largest absolute Gasteiger partial charge is 0.462 e. The molecule has 2 aliphatic rings. The second-order valence-electron chi connectivity index (χ2n) is 5.72. The van der Waals surface area contributed by atoms with Gasteiger partial charge in [-0.05, 0) is 6.42 Å². The Morgan fingerprint density at radius 1 is 1.47 bits per heavy atom. The number of aliphatic hydroxyl groups is 2. The number of hydrogen-bond acceptors (Lipinski definition) is 4. The zero-order valence-electron chi connectivity index (χ0n) is 11.5. The third kappa shape index (κ3) is 3.57. The van der Waals surface area contributed by atoms with Crippen LogP contribution in [0.1, 0.15) is 45.4 Å². The number of fused-ring (bicyclic) bond motifs is 1. The highest BCUT2D eigenvalue weighted by molar-refractivity contribution is 5.72. The van der Waals surface area contributed by atoms with E-state index in [0.29, 0.717) is 12.8 Å². The standard InChI is InChI=1S/C15H24O4/c1-2-3-4-5-10(16)6-7-11-12-8-15(18)19-14(12)9-13(11)17/h6-7,10-14,16-17H,2-5,8-9H2,1H3/b7-6+/t10-,11+,12+,13+,14-/m1/s1. The third-order valence-corrected chi connectivity index (χ3v) is 4.23. The van der Waals surface area contributed by atoms with E-state index in [1.165, 1.54) is 0 Å². The highest BCUT2D eigenvalue weighted by Crippen LogP contribution is 2.42. The lowest BCUT2D eigenvalue weighted by Crippen LogP contribution is -2.18. The zero-order valence-corrected chi connectivity index (χ0v) is 11.5. The van der Waals surface area contributed by atoms with Crippen molar-refractivity contribution >= 4 is 5.97 Å². The highest BCUT2D eigenvalue weighted by Gasteiger charge is 2.48. The van der Waals surface area contributed by atoms with Crippen LogP contribution in [0.4, 0.5) is 0 Å². The number of unbranched alkanes of at least 4 members (excludes halogenated alkanes) is 2. The van der Waals surface area contributed by atoms with E-state index in [2.05, 4.69) is 6.92 Å². The van der Waals surface area contributed by atoms with Crippen LogP contribution in [0.15, 0.2) is 12.2 Å². The Labute approximate surface area is 114 Å². The minimum absolute atomic E-state index is 0.0581. The van der Waals surface area contributed by atoms with E-state index in [1.807, 2.05) is 6.08 Å². The smallest absolute Gasteiger partial charge is 0.306 e. The van der Waals surface area contributed by atoms with E-state index in [1.54, 1.807) is 6.08 Å². The lowest BCUT2D eigenvalue weighted by molar-refractivity contribution is -0.141. The Hall–Kier alpha value is -0.870. The molecule has 2 rings (SSSR count). The first-order valence-corrected chi connectivity index (χ1v) is 7.35. The molecule has 1 heterocycles. The van der Waals surface area contributed by atoms with Gasteiger partial charge in [0.25, 0.3) is 0 Å². The molecule has 1 aliphatic heterocycles. The molecule has 0 unspecified atom stereocenters. The second-order valence-corrected chi connectivity index (χ2v) is 5.72. The molecule has 108 valence electrons. The fourth-order valence-electron chi connectivity index (χ4n) is 3.14. The molecule has 5 atom stereocenters. The van der Waals surface area contributed by atoms with Crippen molar-refractivity contribution in [3.05, 3.63) is 12.2 Å². The molecule has 0 aromatic rings. The summed E-state index contributed by atoms with van der Waals surface area (Å²) in [6.45, 7) is 2.13. The Balaban J connectivity index is 1.85. The summed E-state index contributed by atoms with van der Waals surface area (Å²) in [5, 5.41) is 19.8. The third-order valence-electron chi connectivity index (χ3n) is 4.23. The summed E-state index contributed by atoms with van der Waals surface area (Å²) >= 11 is 0. The molecule has 0 bridgehead atoms. The van der Waals surface area contributed by atoms with E-state index in [0.717, 1.165) is 25.7 Å². The van der Waals surface area contributed by atoms with Crippen molar-refractivity contribution in [2.45, 2.75) is 63.8 Å². The summed E-state index contributed by atoms with van der Waals surface area (Å²) in [6, 6.07) is 0. The minimum Gasteiger partial charge on any atom is -0.462 e. The SMILES string of the molecule is CCCCC[C@@H](O)/C=C/[C@H]1[C@@H]2CC(=O)O[C@@H]2C[C@@H]1O. The van der Waals surface area contributed by atoms with Crippen molar-refractivity contribution < 1.29 is 19.7 Å². The van der Waals surface area contributed by atoms with E-state index in [9.17, 15) is 15.0 Å². The lowest BCUT2D eigenvalue weighted by Gasteiger charge is -2.15. The van der Waals surface area contributed by atoms with E-state index >= 15 is 0 Å². The van der Waals surface area contributed by atoms with Crippen LogP contribution in [-0.2, 0) is 9.53 Å². The number of ether oxygens (including phenoxy) is 1. The highest BCUT2D eigenvalue weighted by atomic mass is 16.6. The van der Waals surface area contributed by atoms with Crippen LogP contribution in [-0.4, -0.2) is 34.5 Å². The summed E-state index contributed by atoms with van der Waals surface area (Å²) in [4.78, 5) is 11.2. The van der Waals surface area contributed by atoms with Gasteiger partial charge in [0.1, 0.15) is 6.10 Å². The topological polar surface area (TPSA) is 66.8 Å². The van der Waals surface area contributed by atoms with Crippen LogP contribution in [0.3, 0.4) is 0 Å². The molecular formula is C15H24O4. The molecule has 0 aromatic heterocycles. The maximum atomic E-state index is 11.2. The summed E-state index contributed by atoms with van der Waals surface area (Å²) < 4.78 is 5.18. The van der Waals surface area contributed by atoms with E-state index in [4.69, 9.17) is 4.74 Å². The van der Waals surface area contributed by atoms with Gasteiger partial charge in [-0.3, -0.25) is 4.79 Å². The number of hydrogen-bond donors (Lipinski definition) is 2. The molecule has 1 saturated heterocycles. The minimum atomic E-state index is -0.456. The average Bonchev–Trinajstić information content (AvgIpc) is 2.82. The molecule has 4 nitrogen and oxygen atoms in total. The number of rotatable bonds is 6. The van der Waals surface area contributed by atoms with E-state index < -0.39 is 12.2 Å². The van der Waals surface area contributed by atoms with Crippen molar-refractivity contribution in [2.75, 3.05) is 0 Å². The van der Waals surface area contributed by atoms with Gasteiger partial charge >= 0.3 is 5.97 Å². The van der Waals surface area contributed by atoms with Crippen LogP contribution in [0.2, 0.25) is 0 Å².